The maximum atomic E-state index is 13.7. The van der Waals surface area contributed by atoms with E-state index >= 15 is 0 Å². The summed E-state index contributed by atoms with van der Waals surface area (Å²) in [7, 11) is 1.59. The van der Waals surface area contributed by atoms with E-state index in [9.17, 15) is 22.0 Å². The first kappa shape index (κ1) is 24.1. The first-order chi connectivity index (χ1) is 17.1. The Morgan fingerprint density at radius 2 is 1.64 bits per heavy atom. The highest BCUT2D eigenvalue weighted by molar-refractivity contribution is 5.55. The van der Waals surface area contributed by atoms with Gasteiger partial charge in [0.1, 0.15) is 17.1 Å². The Bertz CT molecular complexity index is 1270. The second-order valence-electron chi connectivity index (χ2n) is 9.04. The number of alkyl halides is 5. The largest absolute Gasteiger partial charge is 0.497 e. The van der Waals surface area contributed by atoms with Crippen molar-refractivity contribution in [2.24, 2.45) is 0 Å². The average Bonchev–Trinajstić information content (AvgIpc) is 3.39. The number of halogens is 5. The predicted molar refractivity (Wildman–Crippen MR) is 122 cm³/mol. The van der Waals surface area contributed by atoms with E-state index in [1.54, 1.807) is 7.11 Å². The summed E-state index contributed by atoms with van der Waals surface area (Å²) in [5.74, 6) is -2.01. The molecule has 2 N–H and O–H groups in total. The lowest BCUT2D eigenvalue weighted by Gasteiger charge is -2.17. The third-order valence-corrected chi connectivity index (χ3v) is 6.32. The summed E-state index contributed by atoms with van der Waals surface area (Å²) in [5.41, 5.74) is 1.05. The molecule has 0 amide bonds. The van der Waals surface area contributed by atoms with E-state index < -0.39 is 23.8 Å². The molecule has 0 spiro atoms. The maximum Gasteiger partial charge on any atom is 0.433 e. The van der Waals surface area contributed by atoms with Crippen molar-refractivity contribution >= 4 is 11.9 Å². The lowest BCUT2D eigenvalue weighted by Crippen LogP contribution is -2.24. The predicted octanol–water partition coefficient (Wildman–Crippen LogP) is 5.14. The molecule has 36 heavy (non-hydrogen) atoms. The summed E-state index contributed by atoms with van der Waals surface area (Å²) in [5, 5.41) is 6.12. The van der Waals surface area contributed by atoms with Gasteiger partial charge in [0.15, 0.2) is 5.82 Å². The first-order valence-electron chi connectivity index (χ1n) is 11.5. The minimum atomic E-state index is -4.64. The molecular weight excluding hydrogens is 483 g/mol. The van der Waals surface area contributed by atoms with Crippen molar-refractivity contribution in [3.63, 3.8) is 0 Å². The fourth-order valence-corrected chi connectivity index (χ4v) is 4.60. The zero-order valence-corrected chi connectivity index (χ0v) is 19.2. The molecule has 12 heteroatoms. The molecule has 7 nitrogen and oxygen atoms in total. The fraction of sp³-hybridized carbons (Fsp3) is 0.417. The number of hydrogen-bond acceptors (Lipinski definition) is 7. The van der Waals surface area contributed by atoms with Gasteiger partial charge in [0.2, 0.25) is 17.8 Å². The minimum Gasteiger partial charge on any atom is -0.497 e. The van der Waals surface area contributed by atoms with Crippen molar-refractivity contribution in [2.75, 3.05) is 17.7 Å². The molecular formula is C24H23F5N6O. The van der Waals surface area contributed by atoms with Gasteiger partial charge in [-0.25, -0.2) is 13.8 Å². The molecule has 3 aromatic rings. The van der Waals surface area contributed by atoms with Crippen molar-refractivity contribution < 1.29 is 26.7 Å². The minimum absolute atomic E-state index is 0.00147. The van der Waals surface area contributed by atoms with Crippen LogP contribution in [0.2, 0.25) is 0 Å². The summed E-state index contributed by atoms with van der Waals surface area (Å²) in [6.07, 6.45) is -3.71. The van der Waals surface area contributed by atoms with E-state index in [0.29, 0.717) is 12.8 Å². The van der Waals surface area contributed by atoms with E-state index in [1.807, 2.05) is 18.2 Å². The Kier molecular flexibility index (Phi) is 6.13. The number of methoxy groups -OCH3 is 1. The Labute approximate surface area is 203 Å². The number of rotatable bonds is 6. The van der Waals surface area contributed by atoms with Crippen LogP contribution in [0.1, 0.15) is 36.1 Å². The lowest BCUT2D eigenvalue weighted by atomic mass is 10.1. The van der Waals surface area contributed by atoms with E-state index in [0.717, 1.165) is 22.9 Å². The van der Waals surface area contributed by atoms with E-state index in [-0.39, 0.29) is 48.7 Å². The summed E-state index contributed by atoms with van der Waals surface area (Å²) < 4.78 is 72.3. The van der Waals surface area contributed by atoms with Crippen molar-refractivity contribution in [1.29, 1.82) is 0 Å². The molecule has 2 unspecified atom stereocenters. The molecule has 5 rings (SSSR count). The zero-order chi connectivity index (χ0) is 25.5. The molecule has 0 radical (unpaired) electrons. The monoisotopic (exact) mass is 506 g/mol. The molecule has 2 atom stereocenters. The van der Waals surface area contributed by atoms with Gasteiger partial charge in [-0.05, 0) is 54.7 Å². The summed E-state index contributed by atoms with van der Waals surface area (Å²) >= 11 is 0. The second kappa shape index (κ2) is 9.14. The number of aromatic nitrogens is 4. The van der Waals surface area contributed by atoms with Gasteiger partial charge in [0, 0.05) is 24.9 Å². The van der Waals surface area contributed by atoms with Gasteiger partial charge in [-0.2, -0.15) is 28.1 Å². The number of anilines is 2. The highest BCUT2D eigenvalue weighted by Gasteiger charge is 2.40. The molecule has 1 aromatic carbocycles. The molecule has 1 saturated carbocycles. The quantitative estimate of drug-likeness (QED) is 0.448. The van der Waals surface area contributed by atoms with Crippen molar-refractivity contribution in [2.45, 2.75) is 56.3 Å². The lowest BCUT2D eigenvalue weighted by molar-refractivity contribution is -0.141. The molecule has 2 aliphatic carbocycles. The van der Waals surface area contributed by atoms with Gasteiger partial charge in [-0.1, -0.05) is 12.1 Å². The van der Waals surface area contributed by atoms with Crippen LogP contribution in [0, 0.1) is 0 Å². The molecule has 0 saturated heterocycles. The number of nitrogens with zero attached hydrogens (tertiary/aromatic N) is 4. The van der Waals surface area contributed by atoms with Crippen LogP contribution in [0.3, 0.4) is 0 Å². The standard InChI is InChI=1S/C24H23F5N6O/c1-36-17-6-5-13-9-16(10-14(13)11-17)31-22-34-20(18-3-2-4-19(32-18)24(27,28)29)33-21(35-22)30-15-7-8-23(25,26)12-15/h2-6,11,15-16H,7-10,12H2,1H3,(H2,30,31,33,34,35). The molecule has 0 aliphatic heterocycles. The van der Waals surface area contributed by atoms with Crippen LogP contribution in [0.25, 0.3) is 11.5 Å². The number of benzene rings is 1. The summed E-state index contributed by atoms with van der Waals surface area (Å²) in [4.78, 5) is 16.5. The van der Waals surface area contributed by atoms with Crippen LogP contribution in [0.4, 0.5) is 33.8 Å². The van der Waals surface area contributed by atoms with Gasteiger partial charge < -0.3 is 15.4 Å². The molecule has 2 aliphatic rings. The van der Waals surface area contributed by atoms with E-state index in [2.05, 4.69) is 30.6 Å². The van der Waals surface area contributed by atoms with Crippen molar-refractivity contribution in [3.05, 3.63) is 53.2 Å². The fourth-order valence-electron chi connectivity index (χ4n) is 4.60. The topological polar surface area (TPSA) is 84.9 Å². The Hall–Kier alpha value is -3.57. The Balaban J connectivity index is 1.43. The second-order valence-corrected chi connectivity index (χ2v) is 9.04. The number of fused-ring (bicyclic) bond motifs is 1. The molecule has 190 valence electrons. The van der Waals surface area contributed by atoms with Crippen molar-refractivity contribution in [1.82, 2.24) is 19.9 Å². The average molecular weight is 506 g/mol. The van der Waals surface area contributed by atoms with Gasteiger partial charge in [0.25, 0.3) is 0 Å². The SMILES string of the molecule is COc1ccc2c(c1)CC(Nc1nc(NC3CCC(F)(F)C3)nc(-c3cccc(C(F)(F)F)n3)n1)C2. The zero-order valence-electron chi connectivity index (χ0n) is 19.2. The Morgan fingerprint density at radius 1 is 0.917 bits per heavy atom. The summed E-state index contributed by atoms with van der Waals surface area (Å²) in [6, 6.07) is 8.59. The van der Waals surface area contributed by atoms with Crippen LogP contribution in [-0.4, -0.2) is 45.1 Å². The van der Waals surface area contributed by atoms with Crippen LogP contribution in [0.5, 0.6) is 5.75 Å². The molecule has 1 fully saturated rings. The summed E-state index contributed by atoms with van der Waals surface area (Å²) in [6.45, 7) is 0. The third-order valence-electron chi connectivity index (χ3n) is 6.32. The molecule has 2 heterocycles. The smallest absolute Gasteiger partial charge is 0.433 e. The molecule has 0 bridgehead atoms. The maximum absolute atomic E-state index is 13.7. The van der Waals surface area contributed by atoms with Gasteiger partial charge in [-0.15, -0.1) is 0 Å². The van der Waals surface area contributed by atoms with E-state index in [1.165, 1.54) is 12.1 Å². The number of pyridine rings is 1. The van der Waals surface area contributed by atoms with Gasteiger partial charge in [-0.3, -0.25) is 0 Å². The van der Waals surface area contributed by atoms with Crippen molar-refractivity contribution in [3.8, 4) is 17.3 Å². The highest BCUT2D eigenvalue weighted by atomic mass is 19.4. The van der Waals surface area contributed by atoms with Crippen LogP contribution in [0.15, 0.2) is 36.4 Å². The van der Waals surface area contributed by atoms with Crippen LogP contribution in [-0.2, 0) is 19.0 Å². The third kappa shape index (κ3) is 5.31. The van der Waals surface area contributed by atoms with Crippen LogP contribution >= 0.6 is 0 Å². The van der Waals surface area contributed by atoms with Gasteiger partial charge >= 0.3 is 6.18 Å². The van der Waals surface area contributed by atoms with Gasteiger partial charge in [0.05, 0.1) is 7.11 Å². The Morgan fingerprint density at radius 3 is 2.31 bits per heavy atom. The number of ether oxygens (including phenoxy) is 1. The molecule has 2 aromatic heterocycles. The number of hydrogen-bond donors (Lipinski definition) is 2. The number of nitrogens with one attached hydrogen (secondary N) is 2. The normalized spacial score (nSPS) is 20.7. The van der Waals surface area contributed by atoms with E-state index in [4.69, 9.17) is 4.74 Å². The highest BCUT2D eigenvalue weighted by Crippen LogP contribution is 2.36. The first-order valence-corrected chi connectivity index (χ1v) is 11.5. The van der Waals surface area contributed by atoms with Crippen LogP contribution < -0.4 is 15.4 Å².